The summed E-state index contributed by atoms with van der Waals surface area (Å²) in [6.07, 6.45) is 8.28. The van der Waals surface area contributed by atoms with Gasteiger partial charge in [0.1, 0.15) is 6.61 Å². The molecule has 31 heavy (non-hydrogen) atoms. The maximum absolute atomic E-state index is 13.2. The third-order valence-corrected chi connectivity index (χ3v) is 9.33. The number of carbonyl (C=O) groups is 2. The second-order valence-corrected chi connectivity index (χ2v) is 10.7. The molecule has 1 aliphatic heterocycles. The molecule has 9 atom stereocenters. The second-order valence-electron chi connectivity index (χ2n) is 10.7. The van der Waals surface area contributed by atoms with Crippen LogP contribution in [-0.2, 0) is 19.1 Å². The van der Waals surface area contributed by atoms with Gasteiger partial charge in [-0.15, -0.1) is 0 Å². The van der Waals surface area contributed by atoms with Crippen LogP contribution in [0, 0.1) is 28.6 Å². The molecule has 2 saturated carbocycles. The van der Waals surface area contributed by atoms with Gasteiger partial charge in [-0.3, -0.25) is 9.59 Å². The highest BCUT2D eigenvalue weighted by Gasteiger charge is 2.75. The largest absolute Gasteiger partial charge is 0.393 e. The number of carbonyl (C=O) groups excluding carboxylic acids is 2. The topological polar surface area (TPSA) is 93.1 Å². The molecule has 4 aliphatic carbocycles. The minimum absolute atomic E-state index is 0.0125. The highest BCUT2D eigenvalue weighted by Crippen LogP contribution is 2.69. The van der Waals surface area contributed by atoms with Crippen LogP contribution in [0.4, 0.5) is 0 Å². The van der Waals surface area contributed by atoms with Gasteiger partial charge >= 0.3 is 0 Å². The zero-order chi connectivity index (χ0) is 22.2. The number of ketones is 2. The van der Waals surface area contributed by atoms with E-state index < -0.39 is 36.1 Å². The highest BCUT2D eigenvalue weighted by atomic mass is 16.7. The average molecular weight is 431 g/mol. The molecule has 0 aromatic rings. The minimum atomic E-state index is -1.21. The van der Waals surface area contributed by atoms with E-state index in [2.05, 4.69) is 26.8 Å². The molecular formula is C25H34O6. The molecule has 0 bridgehead atoms. The predicted octanol–water partition coefficient (Wildman–Crippen LogP) is 2.72. The number of Topliss-reactive ketones (excluding diaryl/α,β-unsaturated/α-hetero) is 1. The van der Waals surface area contributed by atoms with Crippen LogP contribution >= 0.6 is 0 Å². The van der Waals surface area contributed by atoms with E-state index in [-0.39, 0.29) is 34.7 Å². The molecule has 1 saturated heterocycles. The number of rotatable bonds is 4. The van der Waals surface area contributed by atoms with E-state index in [1.807, 2.05) is 6.08 Å². The fourth-order valence-electron chi connectivity index (χ4n) is 8.03. The summed E-state index contributed by atoms with van der Waals surface area (Å²) in [5.74, 6) is 0.0642. The van der Waals surface area contributed by atoms with E-state index in [4.69, 9.17) is 9.47 Å². The van der Waals surface area contributed by atoms with Crippen LogP contribution in [0.25, 0.3) is 0 Å². The lowest BCUT2D eigenvalue weighted by molar-refractivity contribution is -0.198. The molecular weight excluding hydrogens is 396 g/mol. The van der Waals surface area contributed by atoms with Gasteiger partial charge in [0.2, 0.25) is 0 Å². The monoisotopic (exact) mass is 430 g/mol. The number of ether oxygens (including phenoxy) is 2. The number of allylic oxidation sites excluding steroid dienone is 4. The van der Waals surface area contributed by atoms with E-state index in [9.17, 15) is 19.8 Å². The van der Waals surface area contributed by atoms with Gasteiger partial charge < -0.3 is 19.7 Å². The Kier molecular flexibility index (Phi) is 4.91. The Morgan fingerprint density at radius 1 is 1.32 bits per heavy atom. The molecule has 5 aliphatic rings. The van der Waals surface area contributed by atoms with Crippen LogP contribution in [0.5, 0.6) is 0 Å². The smallest absolute Gasteiger partial charge is 0.193 e. The maximum atomic E-state index is 13.2. The van der Waals surface area contributed by atoms with Gasteiger partial charge in [0.25, 0.3) is 0 Å². The Hall–Kier alpha value is -1.34. The average Bonchev–Trinajstić information content (AvgIpc) is 3.20. The van der Waals surface area contributed by atoms with E-state index in [1.165, 1.54) is 0 Å². The van der Waals surface area contributed by atoms with Crippen molar-refractivity contribution in [2.75, 3.05) is 6.61 Å². The first kappa shape index (κ1) is 21.5. The Labute approximate surface area is 183 Å². The first-order valence-corrected chi connectivity index (χ1v) is 11.8. The van der Waals surface area contributed by atoms with Gasteiger partial charge in [-0.2, -0.15) is 0 Å². The zero-order valence-electron chi connectivity index (χ0n) is 18.7. The lowest BCUT2D eigenvalue weighted by Crippen LogP contribution is -2.63. The van der Waals surface area contributed by atoms with Crippen molar-refractivity contribution in [2.24, 2.45) is 28.6 Å². The lowest BCUT2D eigenvalue weighted by atomic mass is 9.47. The highest BCUT2D eigenvalue weighted by molar-refractivity contribution is 5.93. The van der Waals surface area contributed by atoms with Crippen molar-refractivity contribution in [1.29, 1.82) is 0 Å². The fraction of sp³-hybridized carbons (Fsp3) is 0.760. The van der Waals surface area contributed by atoms with Crippen molar-refractivity contribution in [1.82, 2.24) is 0 Å². The Bertz CT molecular complexity index is 862. The predicted molar refractivity (Wildman–Crippen MR) is 113 cm³/mol. The summed E-state index contributed by atoms with van der Waals surface area (Å²) in [4.78, 5) is 25.2. The Morgan fingerprint density at radius 3 is 2.81 bits per heavy atom. The molecule has 1 heterocycles. The quantitative estimate of drug-likeness (QED) is 0.666. The van der Waals surface area contributed by atoms with Crippen LogP contribution in [0.2, 0.25) is 0 Å². The molecule has 170 valence electrons. The van der Waals surface area contributed by atoms with Gasteiger partial charge in [0, 0.05) is 23.2 Å². The van der Waals surface area contributed by atoms with Crippen molar-refractivity contribution in [2.45, 2.75) is 83.4 Å². The number of fused-ring (bicyclic) bond motifs is 7. The third kappa shape index (κ3) is 2.65. The van der Waals surface area contributed by atoms with Crippen LogP contribution in [0.15, 0.2) is 23.8 Å². The Balaban J connectivity index is 1.56. The zero-order valence-corrected chi connectivity index (χ0v) is 18.7. The summed E-state index contributed by atoms with van der Waals surface area (Å²) in [5, 5.41) is 21.4. The number of aliphatic hydroxyl groups excluding tert-OH is 2. The maximum Gasteiger partial charge on any atom is 0.193 e. The molecule has 3 fully saturated rings. The van der Waals surface area contributed by atoms with Crippen LogP contribution < -0.4 is 0 Å². The lowest BCUT2D eigenvalue weighted by Gasteiger charge is -2.59. The molecule has 5 rings (SSSR count). The summed E-state index contributed by atoms with van der Waals surface area (Å²) in [7, 11) is 0. The van der Waals surface area contributed by atoms with Crippen molar-refractivity contribution in [3.63, 3.8) is 0 Å². The summed E-state index contributed by atoms with van der Waals surface area (Å²) in [5.41, 5.74) is -1.06. The fourth-order valence-corrected chi connectivity index (χ4v) is 8.03. The third-order valence-electron chi connectivity index (χ3n) is 9.33. The number of aliphatic hydroxyl groups is 2. The molecule has 3 unspecified atom stereocenters. The molecule has 0 spiro atoms. The molecule has 6 heteroatoms. The molecule has 0 amide bonds. The van der Waals surface area contributed by atoms with E-state index in [0.29, 0.717) is 25.7 Å². The number of hydrogen-bond acceptors (Lipinski definition) is 6. The summed E-state index contributed by atoms with van der Waals surface area (Å²) < 4.78 is 12.7. The molecule has 0 radical (unpaired) electrons. The van der Waals surface area contributed by atoms with Crippen LogP contribution in [0.1, 0.15) is 59.3 Å². The van der Waals surface area contributed by atoms with Gasteiger partial charge in [-0.25, -0.2) is 0 Å². The van der Waals surface area contributed by atoms with Gasteiger partial charge in [0.15, 0.2) is 23.5 Å². The van der Waals surface area contributed by atoms with Gasteiger partial charge in [-0.05, 0) is 43.6 Å². The summed E-state index contributed by atoms with van der Waals surface area (Å²) in [6.45, 7) is 5.66. The molecule has 2 N–H and O–H groups in total. The van der Waals surface area contributed by atoms with E-state index in [1.54, 1.807) is 6.08 Å². The molecule has 0 aromatic carbocycles. The number of hydrogen-bond donors (Lipinski definition) is 2. The van der Waals surface area contributed by atoms with Crippen LogP contribution in [0.3, 0.4) is 0 Å². The van der Waals surface area contributed by atoms with Crippen molar-refractivity contribution < 1.29 is 29.3 Å². The standard InChI is InChI=1S/C25H34O6/c1-4-5-21-30-20-11-17-16-7-6-14-10-15(27)8-9-23(14,2)22(16)18(28)12-24(17,3)25(20,31-21)19(29)13-26/h6,8-9,16-18,20-22,26,28H,4-5,7,10-13H2,1-3H3/t16-,17?,18-,20+,21?,22?,23-,24-,25+/m0/s1. The normalized spacial score (nSPS) is 50.4. The van der Waals surface area contributed by atoms with Crippen molar-refractivity contribution in [3.05, 3.63) is 23.8 Å². The summed E-state index contributed by atoms with van der Waals surface area (Å²) in [6, 6.07) is 0. The van der Waals surface area contributed by atoms with Crippen molar-refractivity contribution in [3.8, 4) is 0 Å². The van der Waals surface area contributed by atoms with Gasteiger partial charge in [0.05, 0.1) is 12.2 Å². The SMILES string of the molecule is CCCC1O[C@@H]2CC3[C@@H]4CC=C5CC(=O)C=C[C@]5(C)C4[C@@H](O)C[C@]3(C)[C@]2(C(=O)CO)O1. The van der Waals surface area contributed by atoms with Crippen molar-refractivity contribution >= 4 is 11.6 Å². The molecule has 6 nitrogen and oxygen atoms in total. The minimum Gasteiger partial charge on any atom is -0.393 e. The molecule has 0 aromatic heterocycles. The Morgan fingerprint density at radius 2 is 2.10 bits per heavy atom. The van der Waals surface area contributed by atoms with Gasteiger partial charge in [-0.1, -0.05) is 44.9 Å². The first-order valence-electron chi connectivity index (χ1n) is 11.8. The van der Waals surface area contributed by atoms with E-state index >= 15 is 0 Å². The van der Waals surface area contributed by atoms with E-state index in [0.717, 1.165) is 18.4 Å². The second kappa shape index (κ2) is 7.08. The summed E-state index contributed by atoms with van der Waals surface area (Å²) >= 11 is 0. The van der Waals surface area contributed by atoms with Crippen LogP contribution in [-0.4, -0.2) is 52.5 Å². The first-order chi connectivity index (χ1) is 14.7.